The minimum absolute atomic E-state index is 0.00437. The highest BCUT2D eigenvalue weighted by Gasteiger charge is 2.46. The lowest BCUT2D eigenvalue weighted by molar-refractivity contribution is 0.0662. The van der Waals surface area contributed by atoms with Crippen molar-refractivity contribution in [3.8, 4) is 10.8 Å². The molecule has 4 atom stereocenters. The Morgan fingerprint density at radius 1 is 1.19 bits per heavy atom. The molecule has 0 spiro atoms. The Balaban J connectivity index is 1.58. The minimum atomic E-state index is -0.907. The number of nitrogens with zero attached hydrogens (tertiary/aromatic N) is 1. The Morgan fingerprint density at radius 2 is 2.04 bits per heavy atom. The zero-order chi connectivity index (χ0) is 18.3. The van der Waals surface area contributed by atoms with Gasteiger partial charge in [-0.1, -0.05) is 6.07 Å². The van der Waals surface area contributed by atoms with E-state index in [1.807, 2.05) is 6.07 Å². The second kappa shape index (κ2) is 7.16. The molecule has 2 aliphatic heterocycles. The third-order valence-electron chi connectivity index (χ3n) is 5.95. The SMILES string of the molecule is COc1ccc(C2CC3CCC(C2COc2cccc(F)c2F)N3C)s1. The summed E-state index contributed by atoms with van der Waals surface area (Å²) in [6.07, 6.45) is 3.38. The lowest BCUT2D eigenvalue weighted by Crippen LogP contribution is -2.47. The highest BCUT2D eigenvalue weighted by atomic mass is 32.1. The Bertz CT molecular complexity index is 781. The number of ether oxygens (including phenoxy) is 2. The van der Waals surface area contributed by atoms with E-state index in [9.17, 15) is 8.78 Å². The lowest BCUT2D eigenvalue weighted by atomic mass is 9.80. The molecule has 2 aliphatic rings. The first-order valence-electron chi connectivity index (χ1n) is 9.01. The fraction of sp³-hybridized carbons (Fsp3) is 0.500. The van der Waals surface area contributed by atoms with Crippen molar-refractivity contribution in [1.82, 2.24) is 4.90 Å². The minimum Gasteiger partial charge on any atom is -0.490 e. The molecule has 140 valence electrons. The summed E-state index contributed by atoms with van der Waals surface area (Å²) < 4.78 is 38.6. The number of halogens is 2. The van der Waals surface area contributed by atoms with E-state index in [0.29, 0.717) is 24.6 Å². The molecule has 0 radical (unpaired) electrons. The first-order chi connectivity index (χ1) is 12.6. The van der Waals surface area contributed by atoms with Crippen LogP contribution in [0, 0.1) is 17.6 Å². The summed E-state index contributed by atoms with van der Waals surface area (Å²) in [5.74, 6) is -1.19. The second-order valence-corrected chi connectivity index (χ2v) is 8.27. The Labute approximate surface area is 156 Å². The molecule has 2 bridgehead atoms. The maximum atomic E-state index is 14.0. The summed E-state index contributed by atoms with van der Waals surface area (Å²) >= 11 is 1.67. The summed E-state index contributed by atoms with van der Waals surface area (Å²) in [6, 6.07) is 9.21. The Hall–Kier alpha value is -1.66. The highest BCUT2D eigenvalue weighted by Crippen LogP contribution is 2.48. The van der Waals surface area contributed by atoms with Crippen LogP contribution in [-0.4, -0.2) is 37.7 Å². The zero-order valence-electron chi connectivity index (χ0n) is 15.0. The predicted molar refractivity (Wildman–Crippen MR) is 98.1 cm³/mol. The summed E-state index contributed by atoms with van der Waals surface area (Å²) in [7, 11) is 3.85. The number of piperidine rings is 1. The average molecular weight is 379 g/mol. The summed E-state index contributed by atoms with van der Waals surface area (Å²) in [5, 5.41) is 0.905. The van der Waals surface area contributed by atoms with E-state index in [1.54, 1.807) is 18.4 Å². The van der Waals surface area contributed by atoms with Gasteiger partial charge in [0.1, 0.15) is 0 Å². The fourth-order valence-electron chi connectivity index (χ4n) is 4.56. The maximum absolute atomic E-state index is 14.0. The van der Waals surface area contributed by atoms with E-state index in [-0.39, 0.29) is 11.7 Å². The van der Waals surface area contributed by atoms with Crippen LogP contribution in [0.5, 0.6) is 10.8 Å². The van der Waals surface area contributed by atoms with Crippen LogP contribution in [0.1, 0.15) is 30.1 Å². The Morgan fingerprint density at radius 3 is 2.81 bits per heavy atom. The average Bonchev–Trinajstić information content (AvgIpc) is 3.20. The van der Waals surface area contributed by atoms with Crippen molar-refractivity contribution < 1.29 is 18.3 Å². The number of hydrogen-bond acceptors (Lipinski definition) is 4. The van der Waals surface area contributed by atoms with Crippen molar-refractivity contribution in [2.75, 3.05) is 20.8 Å². The van der Waals surface area contributed by atoms with Gasteiger partial charge >= 0.3 is 0 Å². The van der Waals surface area contributed by atoms with Crippen molar-refractivity contribution in [1.29, 1.82) is 0 Å². The Kier molecular flexibility index (Phi) is 4.88. The van der Waals surface area contributed by atoms with Gasteiger partial charge in [0.25, 0.3) is 0 Å². The predicted octanol–water partition coefficient (Wildman–Crippen LogP) is 4.68. The molecular formula is C20H23F2NO2S. The van der Waals surface area contributed by atoms with Gasteiger partial charge in [0.2, 0.25) is 5.82 Å². The van der Waals surface area contributed by atoms with Crippen LogP contribution in [-0.2, 0) is 0 Å². The molecule has 1 aromatic carbocycles. The first-order valence-corrected chi connectivity index (χ1v) is 9.82. The van der Waals surface area contributed by atoms with Crippen LogP contribution in [0.25, 0.3) is 0 Å². The molecule has 3 heterocycles. The van der Waals surface area contributed by atoms with Gasteiger partial charge in [-0.05, 0) is 50.6 Å². The van der Waals surface area contributed by atoms with Crippen molar-refractivity contribution in [2.45, 2.75) is 37.3 Å². The molecule has 26 heavy (non-hydrogen) atoms. The van der Waals surface area contributed by atoms with Crippen LogP contribution in [0.3, 0.4) is 0 Å². The molecule has 6 heteroatoms. The number of rotatable bonds is 5. The second-order valence-electron chi connectivity index (χ2n) is 7.19. The van der Waals surface area contributed by atoms with Crippen molar-refractivity contribution in [3.63, 3.8) is 0 Å². The van der Waals surface area contributed by atoms with E-state index in [0.717, 1.165) is 24.0 Å². The first kappa shape index (κ1) is 17.7. The lowest BCUT2D eigenvalue weighted by Gasteiger charge is -2.42. The van der Waals surface area contributed by atoms with Crippen LogP contribution < -0.4 is 9.47 Å². The largest absolute Gasteiger partial charge is 0.490 e. The molecular weight excluding hydrogens is 356 g/mol. The molecule has 4 rings (SSSR count). The van der Waals surface area contributed by atoms with E-state index in [2.05, 4.69) is 18.0 Å². The van der Waals surface area contributed by atoms with Crippen molar-refractivity contribution in [2.24, 2.45) is 5.92 Å². The molecule has 0 saturated carbocycles. The number of benzene rings is 1. The van der Waals surface area contributed by atoms with Crippen LogP contribution in [0.2, 0.25) is 0 Å². The van der Waals surface area contributed by atoms with E-state index in [1.165, 1.54) is 23.4 Å². The zero-order valence-corrected chi connectivity index (χ0v) is 15.8. The monoisotopic (exact) mass is 379 g/mol. The van der Waals surface area contributed by atoms with E-state index >= 15 is 0 Å². The summed E-state index contributed by atoms with van der Waals surface area (Å²) in [4.78, 5) is 3.73. The highest BCUT2D eigenvalue weighted by molar-refractivity contribution is 7.13. The van der Waals surface area contributed by atoms with Crippen LogP contribution in [0.15, 0.2) is 30.3 Å². The molecule has 0 amide bonds. The summed E-state index contributed by atoms with van der Waals surface area (Å²) in [5.41, 5.74) is 0. The van der Waals surface area contributed by atoms with Gasteiger partial charge in [-0.3, -0.25) is 0 Å². The number of thiophene rings is 1. The molecule has 4 unspecified atom stereocenters. The standard InChI is InChI=1S/C20H23F2NO2S/c1-23-12-6-7-16(23)14(11-25-17-5-3-4-15(21)20(17)22)13(10-12)18-8-9-19(24-2)26-18/h3-5,8-9,12-14,16H,6-7,10-11H2,1-2H3. The van der Waals surface area contributed by atoms with Gasteiger partial charge in [-0.25, -0.2) is 4.39 Å². The third-order valence-corrected chi connectivity index (χ3v) is 7.13. The third kappa shape index (κ3) is 3.09. The maximum Gasteiger partial charge on any atom is 0.200 e. The smallest absolute Gasteiger partial charge is 0.200 e. The van der Waals surface area contributed by atoms with Gasteiger partial charge in [-0.2, -0.15) is 4.39 Å². The van der Waals surface area contributed by atoms with Gasteiger partial charge in [0.05, 0.1) is 13.7 Å². The molecule has 2 aromatic rings. The van der Waals surface area contributed by atoms with Gasteiger partial charge in [0, 0.05) is 28.8 Å². The van der Waals surface area contributed by atoms with Gasteiger partial charge in [0.15, 0.2) is 16.6 Å². The van der Waals surface area contributed by atoms with Crippen molar-refractivity contribution in [3.05, 3.63) is 46.8 Å². The van der Waals surface area contributed by atoms with Gasteiger partial charge < -0.3 is 14.4 Å². The number of hydrogen-bond donors (Lipinski definition) is 0. The molecule has 1 aromatic heterocycles. The molecule has 2 fully saturated rings. The number of methoxy groups -OCH3 is 1. The van der Waals surface area contributed by atoms with Gasteiger partial charge in [-0.15, -0.1) is 11.3 Å². The quantitative estimate of drug-likeness (QED) is 0.753. The normalized spacial score (nSPS) is 28.3. The molecule has 0 aliphatic carbocycles. The topological polar surface area (TPSA) is 21.7 Å². The van der Waals surface area contributed by atoms with Crippen molar-refractivity contribution >= 4 is 11.3 Å². The molecule has 2 saturated heterocycles. The van der Waals surface area contributed by atoms with Crippen LogP contribution >= 0.6 is 11.3 Å². The molecule has 0 N–H and O–H groups in total. The van der Waals surface area contributed by atoms with E-state index in [4.69, 9.17) is 9.47 Å². The van der Waals surface area contributed by atoms with E-state index < -0.39 is 11.6 Å². The molecule has 3 nitrogen and oxygen atoms in total. The fourth-order valence-corrected chi connectivity index (χ4v) is 5.57. The number of fused-ring (bicyclic) bond motifs is 2. The van der Waals surface area contributed by atoms with Crippen LogP contribution in [0.4, 0.5) is 8.78 Å². The summed E-state index contributed by atoms with van der Waals surface area (Å²) in [6.45, 7) is 0.382.